The summed E-state index contributed by atoms with van der Waals surface area (Å²) in [6.07, 6.45) is -4.34. The summed E-state index contributed by atoms with van der Waals surface area (Å²) in [7, 11) is 0. The van der Waals surface area contributed by atoms with Crippen LogP contribution in [0.4, 0.5) is 24.5 Å². The van der Waals surface area contributed by atoms with Crippen molar-refractivity contribution < 1.29 is 18.3 Å². The Morgan fingerprint density at radius 2 is 2.06 bits per heavy atom. The Morgan fingerprint density at radius 3 is 2.53 bits per heavy atom. The van der Waals surface area contributed by atoms with Gasteiger partial charge in [0.05, 0.1) is 23.0 Å². The van der Waals surface area contributed by atoms with Crippen molar-refractivity contribution in [3.63, 3.8) is 0 Å². The Morgan fingerprint density at radius 1 is 1.41 bits per heavy atom. The van der Waals surface area contributed by atoms with E-state index in [9.17, 15) is 13.2 Å². The summed E-state index contributed by atoms with van der Waals surface area (Å²) in [6, 6.07) is 3.16. The van der Waals surface area contributed by atoms with Crippen LogP contribution in [0.5, 0.6) is 0 Å². The first-order chi connectivity index (χ1) is 7.80. The molecule has 0 aliphatic carbocycles. The molecule has 0 bridgehead atoms. The first kappa shape index (κ1) is 13.6. The zero-order chi connectivity index (χ0) is 13.1. The van der Waals surface area contributed by atoms with E-state index >= 15 is 0 Å². The fourth-order valence-electron chi connectivity index (χ4n) is 1.32. The predicted octanol–water partition coefficient (Wildman–Crippen LogP) is 2.47. The molecule has 1 unspecified atom stereocenters. The largest absolute Gasteiger partial charge is 0.416 e. The number of nitrogens with one attached hydrogen (secondary N) is 1. The molecule has 0 heterocycles. The molecule has 0 saturated carbocycles. The van der Waals surface area contributed by atoms with Crippen LogP contribution in [0.3, 0.4) is 0 Å². The lowest BCUT2D eigenvalue weighted by Crippen LogP contribution is -2.12. The van der Waals surface area contributed by atoms with Crippen LogP contribution in [-0.2, 0) is 6.18 Å². The lowest BCUT2D eigenvalue weighted by molar-refractivity contribution is -0.137. The van der Waals surface area contributed by atoms with Gasteiger partial charge in [-0.2, -0.15) is 13.2 Å². The molecule has 0 amide bonds. The lowest BCUT2D eigenvalue weighted by Gasteiger charge is -2.13. The summed E-state index contributed by atoms with van der Waals surface area (Å²) in [5.74, 6) is 0. The number of halogens is 3. The van der Waals surface area contributed by atoms with E-state index in [-0.39, 0.29) is 5.69 Å². The molecule has 0 radical (unpaired) electrons. The van der Waals surface area contributed by atoms with E-state index in [0.717, 1.165) is 12.1 Å². The maximum absolute atomic E-state index is 12.3. The highest BCUT2D eigenvalue weighted by Crippen LogP contribution is 2.32. The van der Waals surface area contributed by atoms with E-state index < -0.39 is 17.8 Å². The summed E-state index contributed by atoms with van der Waals surface area (Å²) < 4.78 is 37.0. The van der Waals surface area contributed by atoms with Gasteiger partial charge in [-0.05, 0) is 31.5 Å². The van der Waals surface area contributed by atoms with Crippen molar-refractivity contribution in [2.24, 2.45) is 0 Å². The van der Waals surface area contributed by atoms with Crippen molar-refractivity contribution in [2.75, 3.05) is 17.6 Å². The van der Waals surface area contributed by atoms with Gasteiger partial charge in [0.15, 0.2) is 0 Å². The van der Waals surface area contributed by atoms with Crippen LogP contribution < -0.4 is 11.1 Å². The molecule has 4 N–H and O–H groups in total. The van der Waals surface area contributed by atoms with Crippen LogP contribution in [0.1, 0.15) is 18.9 Å². The Bertz CT molecular complexity index is 377. The third-order valence-corrected chi connectivity index (χ3v) is 2.26. The molecule has 1 atom stereocenters. The zero-order valence-corrected chi connectivity index (χ0v) is 9.38. The van der Waals surface area contributed by atoms with Gasteiger partial charge in [0, 0.05) is 6.54 Å². The monoisotopic (exact) mass is 248 g/mol. The quantitative estimate of drug-likeness (QED) is 0.717. The molecule has 0 fully saturated rings. The molecular formula is C11H15F3N2O. The molecule has 96 valence electrons. The Kier molecular flexibility index (Phi) is 4.22. The van der Waals surface area contributed by atoms with Gasteiger partial charge in [0.25, 0.3) is 0 Å². The zero-order valence-electron chi connectivity index (χ0n) is 9.38. The third-order valence-electron chi connectivity index (χ3n) is 2.26. The maximum Gasteiger partial charge on any atom is 0.416 e. The minimum atomic E-state index is -4.38. The molecule has 0 aliphatic rings. The number of hydrogen-bond donors (Lipinski definition) is 3. The number of anilines is 2. The molecule has 1 aromatic rings. The number of alkyl halides is 3. The van der Waals surface area contributed by atoms with Crippen LogP contribution in [0.15, 0.2) is 18.2 Å². The fraction of sp³-hybridized carbons (Fsp3) is 0.455. The number of aliphatic hydroxyl groups excluding tert-OH is 1. The highest BCUT2D eigenvalue weighted by atomic mass is 19.4. The summed E-state index contributed by atoms with van der Waals surface area (Å²) >= 11 is 0. The van der Waals surface area contributed by atoms with Gasteiger partial charge in [-0.15, -0.1) is 0 Å². The average Bonchev–Trinajstić information content (AvgIpc) is 2.18. The first-order valence-electron chi connectivity index (χ1n) is 5.19. The summed E-state index contributed by atoms with van der Waals surface area (Å²) in [5.41, 5.74) is 5.23. The molecule has 0 aliphatic heterocycles. The van der Waals surface area contributed by atoms with Crippen molar-refractivity contribution in [2.45, 2.75) is 25.6 Å². The van der Waals surface area contributed by atoms with Crippen LogP contribution in [-0.4, -0.2) is 17.8 Å². The molecule has 0 spiro atoms. The first-order valence-corrected chi connectivity index (χ1v) is 5.19. The van der Waals surface area contributed by atoms with Crippen molar-refractivity contribution in [3.05, 3.63) is 23.8 Å². The van der Waals surface area contributed by atoms with E-state index in [1.807, 2.05) is 0 Å². The SMILES string of the molecule is CC(O)CCNc1ccc(C(F)(F)F)cc1N. The average molecular weight is 248 g/mol. The standard InChI is InChI=1S/C11H15F3N2O/c1-7(17)4-5-16-10-3-2-8(6-9(10)15)11(12,13)14/h2-3,6-7,16-17H,4-5,15H2,1H3. The normalized spacial score (nSPS) is 13.5. The molecule has 6 heteroatoms. The van der Waals surface area contributed by atoms with E-state index in [2.05, 4.69) is 5.32 Å². The number of nitrogens with two attached hydrogens (primary N) is 1. The second-order valence-corrected chi connectivity index (χ2v) is 3.86. The third kappa shape index (κ3) is 4.14. The lowest BCUT2D eigenvalue weighted by atomic mass is 10.1. The smallest absolute Gasteiger partial charge is 0.397 e. The number of nitrogen functional groups attached to an aromatic ring is 1. The van der Waals surface area contributed by atoms with Gasteiger partial charge >= 0.3 is 6.18 Å². The Hall–Kier alpha value is -1.43. The minimum Gasteiger partial charge on any atom is -0.397 e. The molecule has 1 aromatic carbocycles. The number of aliphatic hydroxyl groups is 1. The van der Waals surface area contributed by atoms with E-state index in [4.69, 9.17) is 10.8 Å². The van der Waals surface area contributed by atoms with Crippen LogP contribution in [0, 0.1) is 0 Å². The molecule has 0 aromatic heterocycles. The highest BCUT2D eigenvalue weighted by Gasteiger charge is 2.30. The van der Waals surface area contributed by atoms with Crippen LogP contribution in [0.2, 0.25) is 0 Å². The Labute approximate surface area is 97.4 Å². The van der Waals surface area contributed by atoms with Gasteiger partial charge in [-0.1, -0.05) is 0 Å². The van der Waals surface area contributed by atoms with E-state index in [1.165, 1.54) is 6.07 Å². The molecule has 17 heavy (non-hydrogen) atoms. The summed E-state index contributed by atoms with van der Waals surface area (Å²) in [4.78, 5) is 0. The van der Waals surface area contributed by atoms with Gasteiger partial charge in [0.2, 0.25) is 0 Å². The van der Waals surface area contributed by atoms with Gasteiger partial charge in [-0.25, -0.2) is 0 Å². The van der Waals surface area contributed by atoms with Gasteiger partial charge < -0.3 is 16.2 Å². The molecule has 3 nitrogen and oxygen atoms in total. The second kappa shape index (κ2) is 5.27. The van der Waals surface area contributed by atoms with Gasteiger partial charge in [-0.3, -0.25) is 0 Å². The highest BCUT2D eigenvalue weighted by molar-refractivity contribution is 5.67. The number of rotatable bonds is 4. The number of benzene rings is 1. The van der Waals surface area contributed by atoms with E-state index in [0.29, 0.717) is 18.7 Å². The van der Waals surface area contributed by atoms with Crippen molar-refractivity contribution >= 4 is 11.4 Å². The summed E-state index contributed by atoms with van der Waals surface area (Å²) in [5, 5.41) is 11.9. The molecule has 0 saturated heterocycles. The predicted molar refractivity (Wildman–Crippen MR) is 60.6 cm³/mol. The fourth-order valence-corrected chi connectivity index (χ4v) is 1.32. The van der Waals surface area contributed by atoms with Crippen LogP contribution in [0.25, 0.3) is 0 Å². The van der Waals surface area contributed by atoms with Crippen LogP contribution >= 0.6 is 0 Å². The minimum absolute atomic E-state index is 0.0467. The van der Waals surface area contributed by atoms with Crippen molar-refractivity contribution in [1.82, 2.24) is 0 Å². The topological polar surface area (TPSA) is 58.3 Å². The summed E-state index contributed by atoms with van der Waals surface area (Å²) in [6.45, 7) is 2.09. The Balaban J connectivity index is 2.70. The second-order valence-electron chi connectivity index (χ2n) is 3.86. The molecular weight excluding hydrogens is 233 g/mol. The van der Waals surface area contributed by atoms with Crippen molar-refractivity contribution in [1.29, 1.82) is 0 Å². The molecule has 1 rings (SSSR count). The maximum atomic E-state index is 12.3. The van der Waals surface area contributed by atoms with Gasteiger partial charge in [0.1, 0.15) is 0 Å². The van der Waals surface area contributed by atoms with Crippen molar-refractivity contribution in [3.8, 4) is 0 Å². The number of hydrogen-bond acceptors (Lipinski definition) is 3. The van der Waals surface area contributed by atoms with E-state index in [1.54, 1.807) is 6.92 Å².